The van der Waals surface area contributed by atoms with Gasteiger partial charge in [0.2, 0.25) is 0 Å². The molecular weight excluding hydrogens is 332 g/mol. The monoisotopic (exact) mass is 338 g/mol. The summed E-state index contributed by atoms with van der Waals surface area (Å²) in [5.41, 5.74) is 1.77. The molecule has 0 unspecified atom stereocenters. The Labute approximate surface area is 121 Å². The zero-order valence-corrected chi connectivity index (χ0v) is 11.8. The van der Waals surface area contributed by atoms with Crippen molar-refractivity contribution >= 4 is 50.0 Å². The molecule has 0 aliphatic rings. The molecule has 0 atom stereocenters. The Morgan fingerprint density at radius 3 is 2.95 bits per heavy atom. The average Bonchev–Trinajstić information content (AvgIpc) is 3.02. The topological polar surface area (TPSA) is 73.6 Å². The van der Waals surface area contributed by atoms with Crippen LogP contribution in [0.15, 0.2) is 35.1 Å². The summed E-state index contributed by atoms with van der Waals surface area (Å²) in [5.74, 6) is -0.249. The third-order valence-electron chi connectivity index (χ3n) is 2.69. The first-order valence-electron chi connectivity index (χ1n) is 5.42. The Kier molecular flexibility index (Phi) is 3.04. The van der Waals surface area contributed by atoms with Gasteiger partial charge in [0.15, 0.2) is 0 Å². The van der Waals surface area contributed by atoms with E-state index in [4.69, 9.17) is 11.6 Å². The third-order valence-corrected chi connectivity index (χ3v) is 3.70. The van der Waals surface area contributed by atoms with E-state index < -0.39 is 0 Å². The molecule has 0 aliphatic heterocycles. The van der Waals surface area contributed by atoms with Crippen molar-refractivity contribution in [3.8, 4) is 0 Å². The fourth-order valence-electron chi connectivity index (χ4n) is 1.79. The number of halogens is 2. The lowest BCUT2D eigenvalue weighted by Gasteiger charge is -1.98. The second-order valence-corrected chi connectivity index (χ2v) is 5.20. The number of hydrogen-bond acceptors (Lipinski definition) is 2. The number of fused-ring (bicyclic) bond motifs is 1. The molecule has 7 heteroatoms. The van der Waals surface area contributed by atoms with Crippen molar-refractivity contribution < 1.29 is 4.79 Å². The number of aromatic amines is 2. The van der Waals surface area contributed by atoms with Crippen LogP contribution in [0.4, 0.5) is 5.69 Å². The molecule has 96 valence electrons. The standard InChI is InChI=1S/C12H8BrClN4O/c13-8-1-2-9(14)11-7(8)3-10(18-11)12(19)17-6-4-15-16-5-6/h1-5,18H,(H,15,16)(H,17,19). The van der Waals surface area contributed by atoms with Gasteiger partial charge in [0, 0.05) is 16.1 Å². The van der Waals surface area contributed by atoms with E-state index in [1.54, 1.807) is 18.3 Å². The Balaban J connectivity index is 1.99. The quantitative estimate of drug-likeness (QED) is 0.668. The largest absolute Gasteiger partial charge is 0.349 e. The number of rotatable bonds is 2. The molecule has 2 heterocycles. The molecule has 0 fully saturated rings. The van der Waals surface area contributed by atoms with Crippen LogP contribution in [-0.4, -0.2) is 21.1 Å². The van der Waals surface area contributed by atoms with E-state index in [-0.39, 0.29) is 5.91 Å². The highest BCUT2D eigenvalue weighted by Crippen LogP contribution is 2.30. The SMILES string of the molecule is O=C(Nc1cn[nH]c1)c1cc2c(Br)ccc(Cl)c2[nH]1. The fourth-order valence-corrected chi connectivity index (χ4v) is 2.45. The molecule has 0 bridgehead atoms. The molecule has 0 spiro atoms. The van der Waals surface area contributed by atoms with Gasteiger partial charge >= 0.3 is 0 Å². The second-order valence-electron chi connectivity index (χ2n) is 3.94. The van der Waals surface area contributed by atoms with Gasteiger partial charge in [-0.3, -0.25) is 9.89 Å². The van der Waals surface area contributed by atoms with Crippen LogP contribution in [0.3, 0.4) is 0 Å². The van der Waals surface area contributed by atoms with Crippen molar-refractivity contribution in [2.45, 2.75) is 0 Å². The van der Waals surface area contributed by atoms with Crippen LogP contribution in [0, 0.1) is 0 Å². The molecule has 5 nitrogen and oxygen atoms in total. The molecule has 0 saturated carbocycles. The average molecular weight is 340 g/mol. The Morgan fingerprint density at radius 2 is 2.26 bits per heavy atom. The number of nitrogens with zero attached hydrogens (tertiary/aromatic N) is 1. The molecule has 1 aromatic carbocycles. The number of H-pyrrole nitrogens is 2. The van der Waals surface area contributed by atoms with Crippen molar-refractivity contribution in [3.63, 3.8) is 0 Å². The van der Waals surface area contributed by atoms with Crippen LogP contribution in [0.5, 0.6) is 0 Å². The minimum absolute atomic E-state index is 0.249. The predicted octanol–water partition coefficient (Wildman–Crippen LogP) is 3.56. The normalized spacial score (nSPS) is 10.8. The van der Waals surface area contributed by atoms with Gasteiger partial charge < -0.3 is 10.3 Å². The first kappa shape index (κ1) is 12.3. The summed E-state index contributed by atoms with van der Waals surface area (Å²) in [5, 5.41) is 10.5. The van der Waals surface area contributed by atoms with Crippen LogP contribution >= 0.6 is 27.5 Å². The summed E-state index contributed by atoms with van der Waals surface area (Å²) in [4.78, 5) is 15.1. The number of nitrogens with one attached hydrogen (secondary N) is 3. The van der Waals surface area contributed by atoms with Gasteiger partial charge in [-0.05, 0) is 18.2 Å². The predicted molar refractivity (Wildman–Crippen MR) is 77.5 cm³/mol. The van der Waals surface area contributed by atoms with Crippen LogP contribution in [-0.2, 0) is 0 Å². The van der Waals surface area contributed by atoms with E-state index in [2.05, 4.69) is 36.4 Å². The van der Waals surface area contributed by atoms with E-state index in [9.17, 15) is 4.79 Å². The number of carbonyl (C=O) groups excluding carboxylic acids is 1. The molecule has 0 aliphatic carbocycles. The molecule has 3 N–H and O–H groups in total. The zero-order chi connectivity index (χ0) is 13.4. The van der Waals surface area contributed by atoms with Crippen LogP contribution in [0.25, 0.3) is 10.9 Å². The lowest BCUT2D eigenvalue weighted by Crippen LogP contribution is -2.11. The highest BCUT2D eigenvalue weighted by Gasteiger charge is 2.13. The number of aromatic nitrogens is 3. The lowest BCUT2D eigenvalue weighted by molar-refractivity contribution is 0.102. The maximum absolute atomic E-state index is 12.1. The van der Waals surface area contributed by atoms with Crippen molar-refractivity contribution in [2.24, 2.45) is 0 Å². The Hall–Kier alpha value is -1.79. The minimum atomic E-state index is -0.249. The van der Waals surface area contributed by atoms with Crippen LogP contribution in [0.2, 0.25) is 5.02 Å². The van der Waals surface area contributed by atoms with Crippen molar-refractivity contribution in [1.82, 2.24) is 15.2 Å². The summed E-state index contributed by atoms with van der Waals surface area (Å²) < 4.78 is 0.880. The Morgan fingerprint density at radius 1 is 1.42 bits per heavy atom. The van der Waals surface area contributed by atoms with E-state index >= 15 is 0 Å². The van der Waals surface area contributed by atoms with E-state index in [0.717, 1.165) is 15.4 Å². The van der Waals surface area contributed by atoms with Gasteiger partial charge in [0.1, 0.15) is 5.69 Å². The minimum Gasteiger partial charge on any atom is -0.349 e. The number of anilines is 1. The van der Waals surface area contributed by atoms with Crippen molar-refractivity contribution in [2.75, 3.05) is 5.32 Å². The number of amides is 1. The van der Waals surface area contributed by atoms with Crippen molar-refractivity contribution in [1.29, 1.82) is 0 Å². The van der Waals surface area contributed by atoms with Gasteiger partial charge in [-0.15, -0.1) is 0 Å². The molecular formula is C12H8BrClN4O. The number of benzene rings is 1. The molecule has 3 aromatic rings. The van der Waals surface area contributed by atoms with Gasteiger partial charge in [-0.2, -0.15) is 5.10 Å². The molecule has 2 aromatic heterocycles. The second kappa shape index (κ2) is 4.71. The highest BCUT2D eigenvalue weighted by molar-refractivity contribution is 9.10. The summed E-state index contributed by atoms with van der Waals surface area (Å²) in [6.45, 7) is 0. The highest BCUT2D eigenvalue weighted by atomic mass is 79.9. The number of carbonyl (C=O) groups is 1. The first-order chi connectivity index (χ1) is 9.15. The summed E-state index contributed by atoms with van der Waals surface area (Å²) >= 11 is 9.52. The van der Waals surface area contributed by atoms with E-state index in [1.165, 1.54) is 6.20 Å². The van der Waals surface area contributed by atoms with Crippen LogP contribution in [0.1, 0.15) is 10.5 Å². The van der Waals surface area contributed by atoms with Gasteiger partial charge in [0.05, 0.1) is 22.4 Å². The van der Waals surface area contributed by atoms with E-state index in [0.29, 0.717) is 16.4 Å². The molecule has 19 heavy (non-hydrogen) atoms. The lowest BCUT2D eigenvalue weighted by atomic mass is 10.2. The maximum Gasteiger partial charge on any atom is 0.272 e. The third kappa shape index (κ3) is 2.24. The maximum atomic E-state index is 12.1. The van der Waals surface area contributed by atoms with Crippen LogP contribution < -0.4 is 5.32 Å². The molecule has 0 radical (unpaired) electrons. The fraction of sp³-hybridized carbons (Fsp3) is 0. The summed E-state index contributed by atoms with van der Waals surface area (Å²) in [6.07, 6.45) is 3.13. The first-order valence-corrected chi connectivity index (χ1v) is 6.59. The van der Waals surface area contributed by atoms with Gasteiger partial charge in [-0.25, -0.2) is 0 Å². The number of hydrogen-bond donors (Lipinski definition) is 3. The van der Waals surface area contributed by atoms with Crippen molar-refractivity contribution in [3.05, 3.63) is 45.8 Å². The molecule has 0 saturated heterocycles. The summed E-state index contributed by atoms with van der Waals surface area (Å²) in [7, 11) is 0. The smallest absolute Gasteiger partial charge is 0.272 e. The van der Waals surface area contributed by atoms with Gasteiger partial charge in [0.25, 0.3) is 5.91 Å². The van der Waals surface area contributed by atoms with E-state index in [1.807, 2.05) is 6.07 Å². The zero-order valence-electron chi connectivity index (χ0n) is 9.50. The molecule has 1 amide bonds. The van der Waals surface area contributed by atoms with Gasteiger partial charge in [-0.1, -0.05) is 27.5 Å². The molecule has 3 rings (SSSR count). The summed E-state index contributed by atoms with van der Waals surface area (Å²) in [6, 6.07) is 5.36. The Bertz CT molecular complexity index is 712.